The molecule has 3 aromatic rings. The number of carbonyl (C=O) groups excluding carboxylic acids is 1. The highest BCUT2D eigenvalue weighted by atomic mass is 16.2. The van der Waals surface area contributed by atoms with E-state index in [0.29, 0.717) is 0 Å². The topological polar surface area (TPSA) is 36.4 Å². The van der Waals surface area contributed by atoms with E-state index in [2.05, 4.69) is 42.2 Å². The lowest BCUT2D eigenvalue weighted by Crippen LogP contribution is -2.49. The number of anilines is 1. The van der Waals surface area contributed by atoms with Crippen LogP contribution in [0.4, 0.5) is 5.69 Å². The lowest BCUT2D eigenvalue weighted by Gasteiger charge is -2.36. The molecule has 0 atom stereocenters. The van der Waals surface area contributed by atoms with Gasteiger partial charge in [0.1, 0.15) is 0 Å². The van der Waals surface area contributed by atoms with Gasteiger partial charge >= 0.3 is 0 Å². The van der Waals surface area contributed by atoms with Crippen LogP contribution in [0, 0.1) is 6.92 Å². The zero-order valence-electron chi connectivity index (χ0n) is 16.3. The van der Waals surface area contributed by atoms with Crippen molar-refractivity contribution in [3.8, 4) is 0 Å². The molecule has 0 saturated carbocycles. The number of hydrogen-bond acceptors (Lipinski definition) is 3. The summed E-state index contributed by atoms with van der Waals surface area (Å²) in [7, 11) is 0. The number of para-hydroxylation sites is 1. The normalized spacial score (nSPS) is 16.5. The SMILES string of the molecule is Cc1cccc(N2CCN(C(=O)c3c4c(nc5ccccc35)CCC4)CC2)c1. The van der Waals surface area contributed by atoms with Gasteiger partial charge in [-0.25, -0.2) is 0 Å². The van der Waals surface area contributed by atoms with Crippen LogP contribution in [0.5, 0.6) is 0 Å². The number of pyridine rings is 1. The molecule has 1 amide bonds. The van der Waals surface area contributed by atoms with Crippen LogP contribution in [0.2, 0.25) is 0 Å². The van der Waals surface area contributed by atoms with Crippen molar-refractivity contribution < 1.29 is 4.79 Å². The lowest BCUT2D eigenvalue weighted by molar-refractivity contribution is 0.0747. The first-order valence-corrected chi connectivity index (χ1v) is 10.2. The van der Waals surface area contributed by atoms with Crippen molar-refractivity contribution in [2.75, 3.05) is 31.1 Å². The number of nitrogens with zero attached hydrogens (tertiary/aromatic N) is 3. The van der Waals surface area contributed by atoms with Crippen molar-refractivity contribution in [1.82, 2.24) is 9.88 Å². The second kappa shape index (κ2) is 6.93. The van der Waals surface area contributed by atoms with Gasteiger partial charge < -0.3 is 9.80 Å². The molecule has 28 heavy (non-hydrogen) atoms. The Bertz CT molecular complexity index is 1050. The fraction of sp³-hybridized carbons (Fsp3) is 0.333. The van der Waals surface area contributed by atoms with Gasteiger partial charge in [-0.05, 0) is 55.5 Å². The molecule has 2 heterocycles. The van der Waals surface area contributed by atoms with Gasteiger partial charge in [0.15, 0.2) is 0 Å². The molecular weight excluding hydrogens is 346 g/mol. The van der Waals surface area contributed by atoms with Crippen LogP contribution in [0.1, 0.15) is 33.6 Å². The molecule has 5 rings (SSSR count). The lowest BCUT2D eigenvalue weighted by atomic mass is 9.99. The highest BCUT2D eigenvalue weighted by molar-refractivity contribution is 6.08. The third-order valence-corrected chi connectivity index (χ3v) is 6.07. The van der Waals surface area contributed by atoms with E-state index in [4.69, 9.17) is 4.98 Å². The number of piperazine rings is 1. The van der Waals surface area contributed by atoms with Gasteiger partial charge in [0.05, 0.1) is 11.1 Å². The standard InChI is InChI=1S/C24H25N3O/c1-17-6-4-7-18(16-17)26-12-14-27(15-13-26)24(28)23-19-8-2-3-10-21(19)25-22-11-5-9-20(22)23/h2-4,6-8,10,16H,5,9,11-15H2,1H3. The van der Waals surface area contributed by atoms with Crippen LogP contribution in [-0.4, -0.2) is 42.0 Å². The molecule has 0 spiro atoms. The summed E-state index contributed by atoms with van der Waals surface area (Å²) in [6.07, 6.45) is 3.05. The van der Waals surface area contributed by atoms with E-state index < -0.39 is 0 Å². The van der Waals surface area contributed by atoms with Gasteiger partial charge in [0.25, 0.3) is 5.91 Å². The van der Waals surface area contributed by atoms with E-state index in [9.17, 15) is 4.79 Å². The fourth-order valence-corrected chi connectivity index (χ4v) is 4.61. The second-order valence-corrected chi connectivity index (χ2v) is 7.90. The number of aryl methyl sites for hydroxylation is 2. The first kappa shape index (κ1) is 17.2. The number of rotatable bonds is 2. The minimum atomic E-state index is 0.181. The Labute approximate surface area is 165 Å². The van der Waals surface area contributed by atoms with Gasteiger partial charge in [0.2, 0.25) is 0 Å². The zero-order valence-corrected chi connectivity index (χ0v) is 16.3. The molecule has 1 aliphatic carbocycles. The van der Waals surface area contributed by atoms with E-state index in [1.807, 2.05) is 23.1 Å². The predicted molar refractivity (Wildman–Crippen MR) is 113 cm³/mol. The third kappa shape index (κ3) is 2.93. The number of amides is 1. The Hall–Kier alpha value is -2.88. The molecule has 1 aromatic heterocycles. The Morgan fingerprint density at radius 1 is 0.964 bits per heavy atom. The molecule has 2 aliphatic rings. The van der Waals surface area contributed by atoms with Crippen LogP contribution in [0.15, 0.2) is 48.5 Å². The molecule has 0 radical (unpaired) electrons. The Morgan fingerprint density at radius 3 is 2.61 bits per heavy atom. The minimum absolute atomic E-state index is 0.181. The van der Waals surface area contributed by atoms with Crippen molar-refractivity contribution in [2.24, 2.45) is 0 Å². The van der Waals surface area contributed by atoms with Crippen molar-refractivity contribution in [1.29, 1.82) is 0 Å². The highest BCUT2D eigenvalue weighted by Crippen LogP contribution is 2.31. The summed E-state index contributed by atoms with van der Waals surface area (Å²) < 4.78 is 0. The van der Waals surface area contributed by atoms with E-state index in [0.717, 1.165) is 67.6 Å². The second-order valence-electron chi connectivity index (χ2n) is 7.90. The van der Waals surface area contributed by atoms with Crippen molar-refractivity contribution in [2.45, 2.75) is 26.2 Å². The molecule has 2 aromatic carbocycles. The van der Waals surface area contributed by atoms with E-state index in [-0.39, 0.29) is 5.91 Å². The van der Waals surface area contributed by atoms with Crippen molar-refractivity contribution in [3.05, 3.63) is 70.9 Å². The fourth-order valence-electron chi connectivity index (χ4n) is 4.61. The first-order valence-electron chi connectivity index (χ1n) is 10.2. The van der Waals surface area contributed by atoms with Crippen LogP contribution in [0.3, 0.4) is 0 Å². The highest BCUT2D eigenvalue weighted by Gasteiger charge is 2.28. The van der Waals surface area contributed by atoms with Gasteiger partial charge in [-0.15, -0.1) is 0 Å². The Kier molecular flexibility index (Phi) is 4.27. The van der Waals surface area contributed by atoms with Crippen LogP contribution < -0.4 is 4.90 Å². The van der Waals surface area contributed by atoms with Crippen LogP contribution in [0.25, 0.3) is 10.9 Å². The van der Waals surface area contributed by atoms with E-state index in [1.54, 1.807) is 0 Å². The average Bonchev–Trinajstić information content (AvgIpc) is 3.19. The van der Waals surface area contributed by atoms with Gasteiger partial charge in [-0.2, -0.15) is 0 Å². The maximum absolute atomic E-state index is 13.6. The third-order valence-electron chi connectivity index (χ3n) is 6.07. The average molecular weight is 371 g/mol. The first-order chi connectivity index (χ1) is 13.7. The molecule has 4 heteroatoms. The summed E-state index contributed by atoms with van der Waals surface area (Å²) in [6.45, 7) is 5.40. The Morgan fingerprint density at radius 2 is 1.79 bits per heavy atom. The van der Waals surface area contributed by atoms with E-state index in [1.165, 1.54) is 16.8 Å². The molecular formula is C24H25N3O. The molecule has 0 unspecified atom stereocenters. The quantitative estimate of drug-likeness (QED) is 0.683. The number of benzene rings is 2. The van der Waals surface area contributed by atoms with Gasteiger partial charge in [0, 0.05) is 42.9 Å². The van der Waals surface area contributed by atoms with Gasteiger partial charge in [-0.1, -0.05) is 30.3 Å². The molecule has 0 bridgehead atoms. The van der Waals surface area contributed by atoms with Crippen LogP contribution >= 0.6 is 0 Å². The smallest absolute Gasteiger partial charge is 0.255 e. The maximum atomic E-state index is 13.6. The summed E-state index contributed by atoms with van der Waals surface area (Å²) in [6, 6.07) is 16.7. The van der Waals surface area contributed by atoms with Crippen molar-refractivity contribution >= 4 is 22.5 Å². The predicted octanol–water partition coefficient (Wildman–Crippen LogP) is 3.99. The molecule has 0 N–H and O–H groups in total. The van der Waals surface area contributed by atoms with E-state index >= 15 is 0 Å². The van der Waals surface area contributed by atoms with Gasteiger partial charge in [-0.3, -0.25) is 9.78 Å². The van der Waals surface area contributed by atoms with Crippen LogP contribution in [-0.2, 0) is 12.8 Å². The number of carbonyl (C=O) groups is 1. The minimum Gasteiger partial charge on any atom is -0.368 e. The molecule has 4 nitrogen and oxygen atoms in total. The monoisotopic (exact) mass is 371 g/mol. The molecule has 1 fully saturated rings. The largest absolute Gasteiger partial charge is 0.368 e. The number of aromatic nitrogens is 1. The number of hydrogen-bond donors (Lipinski definition) is 0. The number of fused-ring (bicyclic) bond motifs is 2. The zero-order chi connectivity index (χ0) is 19.1. The molecule has 1 saturated heterocycles. The molecule has 1 aliphatic heterocycles. The maximum Gasteiger partial charge on any atom is 0.255 e. The summed E-state index contributed by atoms with van der Waals surface area (Å²) in [4.78, 5) is 22.8. The summed E-state index contributed by atoms with van der Waals surface area (Å²) >= 11 is 0. The summed E-state index contributed by atoms with van der Waals surface area (Å²) in [5.41, 5.74) is 6.69. The van der Waals surface area contributed by atoms with Crippen molar-refractivity contribution in [3.63, 3.8) is 0 Å². The summed E-state index contributed by atoms with van der Waals surface area (Å²) in [5.74, 6) is 0.181. The molecule has 142 valence electrons. The Balaban J connectivity index is 1.42. The summed E-state index contributed by atoms with van der Waals surface area (Å²) in [5, 5.41) is 1.01.